The highest BCUT2D eigenvalue weighted by Crippen LogP contribution is 2.44. The van der Waals surface area contributed by atoms with Crippen molar-refractivity contribution in [3.63, 3.8) is 0 Å². The number of pyridine rings is 1. The van der Waals surface area contributed by atoms with E-state index in [1.807, 2.05) is 12.4 Å². The van der Waals surface area contributed by atoms with E-state index < -0.39 is 0 Å². The smallest absolute Gasteiger partial charge is 0.0273 e. The first-order valence-corrected chi connectivity index (χ1v) is 13.7. The maximum Gasteiger partial charge on any atom is 0.0273 e. The molecule has 0 N–H and O–H groups in total. The average molecular weight is 508 g/mol. The second-order valence-corrected chi connectivity index (χ2v) is 10.4. The van der Waals surface area contributed by atoms with Crippen LogP contribution in [0.3, 0.4) is 0 Å². The van der Waals surface area contributed by atoms with E-state index in [0.717, 1.165) is 0 Å². The monoisotopic (exact) mass is 507 g/mol. The standard InChI is InChI=1S/C39H25N/c1-2-6-26(7-3-1)27-12-14-29(15-13-27)36-25-37(33-11-5-10-32(24-33)28-20-22-40-23-21-28)35-19-17-31-9-4-8-30-16-18-34(36)39(35)38(30)31/h1-25H. The minimum Gasteiger partial charge on any atom is -0.265 e. The van der Waals surface area contributed by atoms with Gasteiger partial charge in [-0.15, -0.1) is 0 Å². The maximum absolute atomic E-state index is 4.21. The molecule has 0 amide bonds. The van der Waals surface area contributed by atoms with Gasteiger partial charge in [0.25, 0.3) is 0 Å². The summed E-state index contributed by atoms with van der Waals surface area (Å²) < 4.78 is 0. The Morgan fingerprint density at radius 2 is 0.875 bits per heavy atom. The predicted octanol–water partition coefficient (Wildman–Crippen LogP) is 10.6. The largest absolute Gasteiger partial charge is 0.265 e. The van der Waals surface area contributed by atoms with Crippen molar-refractivity contribution in [2.24, 2.45) is 0 Å². The van der Waals surface area contributed by atoms with Crippen molar-refractivity contribution >= 4 is 32.3 Å². The number of rotatable bonds is 4. The number of hydrogen-bond acceptors (Lipinski definition) is 1. The molecule has 1 nitrogen and oxygen atoms in total. The second kappa shape index (κ2) is 9.18. The van der Waals surface area contributed by atoms with Gasteiger partial charge >= 0.3 is 0 Å². The van der Waals surface area contributed by atoms with Crippen LogP contribution in [0.1, 0.15) is 0 Å². The van der Waals surface area contributed by atoms with Gasteiger partial charge in [-0.25, -0.2) is 0 Å². The molecule has 1 heteroatoms. The Morgan fingerprint density at radius 1 is 0.325 bits per heavy atom. The summed E-state index contributed by atoms with van der Waals surface area (Å²) in [7, 11) is 0. The van der Waals surface area contributed by atoms with E-state index in [4.69, 9.17) is 0 Å². The SMILES string of the molecule is c1ccc(-c2ccc(-c3cc(-c4cccc(-c5ccncc5)c4)c4ccc5cccc6ccc3c4c65)cc2)cc1. The van der Waals surface area contributed by atoms with Crippen LogP contribution >= 0.6 is 0 Å². The number of benzene rings is 7. The van der Waals surface area contributed by atoms with E-state index in [1.165, 1.54) is 76.8 Å². The van der Waals surface area contributed by atoms with Crippen LogP contribution < -0.4 is 0 Å². The molecule has 7 aromatic carbocycles. The Hall–Kier alpha value is -5.27. The van der Waals surface area contributed by atoms with Crippen LogP contribution in [0.2, 0.25) is 0 Å². The zero-order valence-electron chi connectivity index (χ0n) is 21.9. The zero-order valence-corrected chi connectivity index (χ0v) is 21.9. The quantitative estimate of drug-likeness (QED) is 0.216. The lowest BCUT2D eigenvalue weighted by Crippen LogP contribution is -1.91. The summed E-state index contributed by atoms with van der Waals surface area (Å²) in [5.74, 6) is 0. The first-order valence-electron chi connectivity index (χ1n) is 13.7. The van der Waals surface area contributed by atoms with Crippen molar-refractivity contribution in [3.8, 4) is 44.5 Å². The fourth-order valence-electron chi connectivity index (χ4n) is 6.19. The first-order chi connectivity index (χ1) is 19.8. The maximum atomic E-state index is 4.21. The van der Waals surface area contributed by atoms with Crippen molar-refractivity contribution in [2.45, 2.75) is 0 Å². The molecule has 0 aliphatic carbocycles. The molecular weight excluding hydrogens is 482 g/mol. The number of aromatic nitrogens is 1. The van der Waals surface area contributed by atoms with Gasteiger partial charge < -0.3 is 0 Å². The molecule has 1 aromatic heterocycles. The van der Waals surface area contributed by atoms with Crippen molar-refractivity contribution in [3.05, 3.63) is 152 Å². The van der Waals surface area contributed by atoms with Crippen LogP contribution in [-0.4, -0.2) is 4.98 Å². The molecule has 0 fully saturated rings. The third-order valence-corrected chi connectivity index (χ3v) is 8.14. The van der Waals surface area contributed by atoms with Crippen LogP contribution in [0.4, 0.5) is 0 Å². The van der Waals surface area contributed by atoms with E-state index in [0.29, 0.717) is 0 Å². The highest BCUT2D eigenvalue weighted by atomic mass is 14.6. The summed E-state index contributed by atoms with van der Waals surface area (Å²) in [6.45, 7) is 0. The van der Waals surface area contributed by atoms with Crippen molar-refractivity contribution < 1.29 is 0 Å². The fourth-order valence-corrected chi connectivity index (χ4v) is 6.19. The molecule has 0 saturated heterocycles. The molecule has 0 radical (unpaired) electrons. The van der Waals surface area contributed by atoms with Crippen LogP contribution in [0.15, 0.2) is 152 Å². The molecule has 0 aliphatic rings. The molecule has 8 aromatic rings. The van der Waals surface area contributed by atoms with Gasteiger partial charge in [-0.05, 0) is 101 Å². The van der Waals surface area contributed by atoms with Gasteiger partial charge in [0.2, 0.25) is 0 Å². The van der Waals surface area contributed by atoms with Crippen molar-refractivity contribution in [1.82, 2.24) is 4.98 Å². The molecule has 40 heavy (non-hydrogen) atoms. The summed E-state index contributed by atoms with van der Waals surface area (Å²) in [5.41, 5.74) is 9.79. The lowest BCUT2D eigenvalue weighted by atomic mass is 9.85. The third kappa shape index (κ3) is 3.67. The molecule has 0 aliphatic heterocycles. The van der Waals surface area contributed by atoms with Gasteiger partial charge in [0.05, 0.1) is 0 Å². The highest BCUT2D eigenvalue weighted by Gasteiger charge is 2.17. The highest BCUT2D eigenvalue weighted by molar-refractivity contribution is 6.28. The second-order valence-electron chi connectivity index (χ2n) is 10.4. The van der Waals surface area contributed by atoms with Crippen molar-refractivity contribution in [1.29, 1.82) is 0 Å². The molecule has 186 valence electrons. The summed E-state index contributed by atoms with van der Waals surface area (Å²) in [5, 5.41) is 7.82. The topological polar surface area (TPSA) is 12.9 Å². The molecular formula is C39H25N. The van der Waals surface area contributed by atoms with Gasteiger partial charge in [0.15, 0.2) is 0 Å². The third-order valence-electron chi connectivity index (χ3n) is 8.14. The molecule has 0 saturated carbocycles. The summed E-state index contributed by atoms with van der Waals surface area (Å²) in [6.07, 6.45) is 3.71. The van der Waals surface area contributed by atoms with Crippen molar-refractivity contribution in [2.75, 3.05) is 0 Å². The van der Waals surface area contributed by atoms with Crippen LogP contribution in [0.25, 0.3) is 76.8 Å². The van der Waals surface area contributed by atoms with E-state index in [1.54, 1.807) is 0 Å². The van der Waals surface area contributed by atoms with Crippen LogP contribution in [-0.2, 0) is 0 Å². The Kier molecular flexibility index (Phi) is 5.21. The van der Waals surface area contributed by atoms with E-state index in [2.05, 4.69) is 145 Å². The minimum atomic E-state index is 1.17. The Balaban J connectivity index is 1.40. The number of hydrogen-bond donors (Lipinski definition) is 0. The number of nitrogens with zero attached hydrogens (tertiary/aromatic N) is 1. The van der Waals surface area contributed by atoms with E-state index in [9.17, 15) is 0 Å². The Labute approximate surface area is 233 Å². The summed E-state index contributed by atoms with van der Waals surface area (Å²) in [6, 6.07) is 50.8. The molecule has 0 bridgehead atoms. The van der Waals surface area contributed by atoms with Crippen LogP contribution in [0.5, 0.6) is 0 Å². The van der Waals surface area contributed by atoms with Gasteiger partial charge in [0, 0.05) is 12.4 Å². The summed E-state index contributed by atoms with van der Waals surface area (Å²) in [4.78, 5) is 4.21. The van der Waals surface area contributed by atoms with Crippen LogP contribution in [0, 0.1) is 0 Å². The summed E-state index contributed by atoms with van der Waals surface area (Å²) >= 11 is 0. The zero-order chi connectivity index (χ0) is 26.5. The molecule has 1 heterocycles. The van der Waals surface area contributed by atoms with Gasteiger partial charge in [-0.2, -0.15) is 0 Å². The van der Waals surface area contributed by atoms with Gasteiger partial charge in [-0.1, -0.05) is 115 Å². The van der Waals surface area contributed by atoms with Gasteiger partial charge in [-0.3, -0.25) is 4.98 Å². The lowest BCUT2D eigenvalue weighted by Gasteiger charge is -2.18. The van der Waals surface area contributed by atoms with E-state index in [-0.39, 0.29) is 0 Å². The fraction of sp³-hybridized carbons (Fsp3) is 0. The van der Waals surface area contributed by atoms with Gasteiger partial charge in [0.1, 0.15) is 0 Å². The first kappa shape index (κ1) is 22.7. The minimum absolute atomic E-state index is 1.17. The predicted molar refractivity (Wildman–Crippen MR) is 170 cm³/mol. The Bertz CT molecular complexity index is 2110. The Morgan fingerprint density at radius 3 is 1.60 bits per heavy atom. The molecule has 0 spiro atoms. The average Bonchev–Trinajstić information content (AvgIpc) is 3.04. The van der Waals surface area contributed by atoms with E-state index >= 15 is 0 Å². The molecule has 0 atom stereocenters. The molecule has 8 rings (SSSR count). The normalized spacial score (nSPS) is 11.5. The molecule has 0 unspecified atom stereocenters. The lowest BCUT2D eigenvalue weighted by molar-refractivity contribution is 1.33.